The van der Waals surface area contributed by atoms with Crippen molar-refractivity contribution in [3.8, 4) is 0 Å². The minimum atomic E-state index is -4.29. The lowest BCUT2D eigenvalue weighted by atomic mass is 10.0. The molecule has 0 spiro atoms. The van der Waals surface area contributed by atoms with Crippen LogP contribution in [0.15, 0.2) is 30.6 Å². The molecule has 0 amide bonds. The number of hydrogen-bond acceptors (Lipinski definition) is 5. The first kappa shape index (κ1) is 30.2. The third kappa shape index (κ3) is 14.9. The second-order valence-corrected chi connectivity index (χ2v) is 10.0. The third-order valence-electron chi connectivity index (χ3n) is 5.78. The van der Waals surface area contributed by atoms with Gasteiger partial charge in [0, 0.05) is 19.2 Å². The Labute approximate surface area is 201 Å². The molecule has 0 radical (unpaired) electrons. The van der Waals surface area contributed by atoms with Gasteiger partial charge in [0.1, 0.15) is 12.7 Å². The van der Waals surface area contributed by atoms with E-state index in [2.05, 4.69) is 13.8 Å². The number of aromatic nitrogens is 1. The van der Waals surface area contributed by atoms with Crippen LogP contribution < -0.4 is 4.57 Å². The third-order valence-corrected chi connectivity index (χ3v) is 6.77. The van der Waals surface area contributed by atoms with Crippen LogP contribution in [0.1, 0.15) is 91.4 Å². The van der Waals surface area contributed by atoms with Gasteiger partial charge >= 0.3 is 7.82 Å². The largest absolute Gasteiger partial charge is 0.474 e. The molecule has 4 unspecified atom stereocenters. The summed E-state index contributed by atoms with van der Waals surface area (Å²) >= 11 is 0. The molecule has 0 saturated heterocycles. The fraction of sp³-hybridized carbons (Fsp3) is 0.800. The van der Waals surface area contributed by atoms with Crippen LogP contribution >= 0.6 is 7.82 Å². The molecule has 1 heterocycles. The molecular formula is C25H47NO6P+. The molecule has 0 aliphatic rings. The quantitative estimate of drug-likeness (QED) is 0.0963. The zero-order valence-electron chi connectivity index (χ0n) is 21.2. The fourth-order valence-corrected chi connectivity index (χ4v) is 4.44. The fourth-order valence-electron chi connectivity index (χ4n) is 3.58. The number of phosphoric ester groups is 1. The Balaban J connectivity index is 2.39. The van der Waals surface area contributed by atoms with Gasteiger partial charge in [-0.25, -0.2) is 9.13 Å². The second-order valence-electron chi connectivity index (χ2n) is 8.61. The van der Waals surface area contributed by atoms with Crippen LogP contribution in [-0.4, -0.2) is 37.1 Å². The van der Waals surface area contributed by atoms with Crippen LogP contribution in [0.4, 0.5) is 0 Å². The molecule has 1 aromatic rings. The van der Waals surface area contributed by atoms with E-state index in [0.717, 1.165) is 19.3 Å². The Bertz CT molecular complexity index is 633. The van der Waals surface area contributed by atoms with Gasteiger partial charge in [-0.1, -0.05) is 77.7 Å². The van der Waals surface area contributed by atoms with Crippen LogP contribution in [-0.2, 0) is 29.6 Å². The highest BCUT2D eigenvalue weighted by Gasteiger charge is 2.32. The average molecular weight is 489 g/mol. The van der Waals surface area contributed by atoms with Gasteiger partial charge in [-0.3, -0.25) is 9.05 Å². The van der Waals surface area contributed by atoms with Gasteiger partial charge in [0.2, 0.25) is 0 Å². The Morgan fingerprint density at radius 2 is 1.55 bits per heavy atom. The van der Waals surface area contributed by atoms with Crippen molar-refractivity contribution in [2.24, 2.45) is 0 Å². The molecule has 0 aliphatic heterocycles. The number of unbranched alkanes of at least 4 members (excludes halogenated alkanes) is 8. The molecule has 8 heteroatoms. The van der Waals surface area contributed by atoms with Gasteiger partial charge < -0.3 is 14.4 Å². The van der Waals surface area contributed by atoms with Crippen molar-refractivity contribution in [2.75, 3.05) is 13.7 Å². The van der Waals surface area contributed by atoms with E-state index < -0.39 is 20.2 Å². The zero-order chi connectivity index (χ0) is 24.4. The Hall–Kier alpha value is -0.820. The predicted molar refractivity (Wildman–Crippen MR) is 131 cm³/mol. The number of methoxy groups -OCH3 is 1. The van der Waals surface area contributed by atoms with E-state index in [1.54, 1.807) is 6.92 Å². The number of pyridine rings is 1. The lowest BCUT2D eigenvalue weighted by molar-refractivity contribution is -0.697. The van der Waals surface area contributed by atoms with Crippen LogP contribution in [0.25, 0.3) is 0 Å². The van der Waals surface area contributed by atoms with Gasteiger partial charge in [0.15, 0.2) is 25.2 Å². The minimum absolute atomic E-state index is 0.0478. The molecule has 0 bridgehead atoms. The molecule has 1 aromatic heterocycles. The average Bonchev–Trinajstić information content (AvgIpc) is 2.81. The van der Waals surface area contributed by atoms with Crippen molar-refractivity contribution >= 4 is 7.82 Å². The lowest BCUT2D eigenvalue weighted by Crippen LogP contribution is -2.36. The topological polar surface area (TPSA) is 78.1 Å². The van der Waals surface area contributed by atoms with Crippen molar-refractivity contribution in [2.45, 2.75) is 116 Å². The molecule has 33 heavy (non-hydrogen) atoms. The number of phosphoric acid groups is 1. The van der Waals surface area contributed by atoms with Gasteiger partial charge in [0.25, 0.3) is 0 Å². The molecule has 0 aliphatic carbocycles. The molecule has 0 aromatic carbocycles. The lowest BCUT2D eigenvalue weighted by Gasteiger charge is -2.28. The van der Waals surface area contributed by atoms with E-state index >= 15 is 0 Å². The number of hydrogen-bond donors (Lipinski definition) is 1. The summed E-state index contributed by atoms with van der Waals surface area (Å²) in [5.74, 6) is 0. The Kier molecular flexibility index (Phi) is 16.9. The van der Waals surface area contributed by atoms with E-state index in [-0.39, 0.29) is 12.7 Å². The maximum absolute atomic E-state index is 12.5. The SMILES string of the molecule is CCCCCCCCCCCC(CC)OC(OP(=O)(O)OCC[n+]1ccccc1)C(C)OC. The summed E-state index contributed by atoms with van der Waals surface area (Å²) in [5.41, 5.74) is 0. The van der Waals surface area contributed by atoms with Crippen molar-refractivity contribution in [1.29, 1.82) is 0 Å². The second kappa shape index (κ2) is 18.5. The molecule has 1 N–H and O–H groups in total. The Morgan fingerprint density at radius 3 is 2.12 bits per heavy atom. The standard InChI is InChI=1S/C25H46NO6P/c1-5-7-8-9-10-11-12-13-15-18-24(6-2)31-25(23(3)29-4)32-33(27,28)30-22-21-26-19-16-14-17-20-26/h14,16-17,19-20,23-25H,5-13,15,18,21-22H2,1-4H3/p+1. The highest BCUT2D eigenvalue weighted by atomic mass is 31.2. The maximum Gasteiger partial charge on any atom is 0.474 e. The summed E-state index contributed by atoms with van der Waals surface area (Å²) in [6, 6.07) is 5.68. The van der Waals surface area contributed by atoms with Crippen molar-refractivity contribution in [3.05, 3.63) is 30.6 Å². The Morgan fingerprint density at radius 1 is 0.939 bits per heavy atom. The summed E-state index contributed by atoms with van der Waals surface area (Å²) in [5, 5.41) is 0. The minimum Gasteiger partial charge on any atom is -0.376 e. The van der Waals surface area contributed by atoms with Gasteiger partial charge in [-0.15, -0.1) is 0 Å². The molecular weight excluding hydrogens is 441 g/mol. The van der Waals surface area contributed by atoms with E-state index in [1.165, 1.54) is 58.5 Å². The monoisotopic (exact) mass is 488 g/mol. The normalized spacial score (nSPS) is 16.3. The van der Waals surface area contributed by atoms with E-state index in [1.807, 2.05) is 35.2 Å². The summed E-state index contributed by atoms with van der Waals surface area (Å²) in [6.07, 6.45) is 15.3. The molecule has 1 rings (SSSR count). The van der Waals surface area contributed by atoms with Crippen molar-refractivity contribution in [1.82, 2.24) is 0 Å². The molecule has 7 nitrogen and oxygen atoms in total. The zero-order valence-corrected chi connectivity index (χ0v) is 22.1. The first-order valence-electron chi connectivity index (χ1n) is 12.7. The number of ether oxygens (including phenoxy) is 2. The molecule has 4 atom stereocenters. The summed E-state index contributed by atoms with van der Waals surface area (Å²) in [4.78, 5) is 10.2. The van der Waals surface area contributed by atoms with E-state index in [9.17, 15) is 9.46 Å². The summed E-state index contributed by atoms with van der Waals surface area (Å²) in [6.45, 7) is 6.55. The van der Waals surface area contributed by atoms with Crippen molar-refractivity contribution < 1.29 is 32.5 Å². The summed E-state index contributed by atoms with van der Waals surface area (Å²) < 4.78 is 36.3. The molecule has 0 fully saturated rings. The molecule has 0 saturated carbocycles. The van der Waals surface area contributed by atoms with Crippen LogP contribution in [0.3, 0.4) is 0 Å². The van der Waals surface area contributed by atoms with E-state index in [0.29, 0.717) is 6.54 Å². The first-order chi connectivity index (χ1) is 15.9. The van der Waals surface area contributed by atoms with E-state index in [4.69, 9.17) is 18.5 Å². The molecule has 192 valence electrons. The number of nitrogens with zero attached hydrogens (tertiary/aromatic N) is 1. The maximum atomic E-state index is 12.5. The van der Waals surface area contributed by atoms with Crippen LogP contribution in [0.2, 0.25) is 0 Å². The highest BCUT2D eigenvalue weighted by molar-refractivity contribution is 7.47. The van der Waals surface area contributed by atoms with Gasteiger partial charge in [-0.2, -0.15) is 0 Å². The van der Waals surface area contributed by atoms with Gasteiger partial charge in [-0.05, 0) is 19.8 Å². The number of rotatable bonds is 21. The van der Waals surface area contributed by atoms with Crippen LogP contribution in [0.5, 0.6) is 0 Å². The predicted octanol–water partition coefficient (Wildman–Crippen LogP) is 6.18. The van der Waals surface area contributed by atoms with Crippen molar-refractivity contribution in [3.63, 3.8) is 0 Å². The highest BCUT2D eigenvalue weighted by Crippen LogP contribution is 2.45. The van der Waals surface area contributed by atoms with Crippen LogP contribution in [0, 0.1) is 0 Å². The van der Waals surface area contributed by atoms with Gasteiger partial charge in [0.05, 0.1) is 6.10 Å². The summed E-state index contributed by atoms with van der Waals surface area (Å²) in [7, 11) is -2.76. The smallest absolute Gasteiger partial charge is 0.376 e. The first-order valence-corrected chi connectivity index (χ1v) is 14.2.